The molecule has 0 aliphatic heterocycles. The third-order valence-electron chi connectivity index (χ3n) is 6.77. The van der Waals surface area contributed by atoms with E-state index in [1.807, 2.05) is 0 Å². The first-order valence-corrected chi connectivity index (χ1v) is 10.3. The van der Waals surface area contributed by atoms with Gasteiger partial charge in [0.2, 0.25) is 0 Å². The van der Waals surface area contributed by atoms with Crippen LogP contribution in [0, 0.1) is 17.8 Å². The normalized spacial score (nSPS) is 31.5. The Hall–Kier alpha value is -1.79. The van der Waals surface area contributed by atoms with E-state index in [1.165, 1.54) is 52.7 Å². The molecule has 2 N–H and O–H groups in total. The SMILES string of the molecule is COC(=O)c1ccc(OC[C@H](O)CNC23CC4CC(CC(C4)C2)C3)c(OC)c1. The molecule has 6 heteroatoms. The number of aliphatic hydroxyl groups is 1. The summed E-state index contributed by atoms with van der Waals surface area (Å²) in [6.07, 6.45) is 7.41. The van der Waals surface area contributed by atoms with Gasteiger partial charge < -0.3 is 24.6 Å². The monoisotopic (exact) mass is 389 g/mol. The van der Waals surface area contributed by atoms with Gasteiger partial charge in [-0.05, 0) is 74.5 Å². The predicted molar refractivity (Wildman–Crippen MR) is 105 cm³/mol. The molecular formula is C22H31NO5. The number of aliphatic hydroxyl groups excluding tert-OH is 1. The van der Waals surface area contributed by atoms with Gasteiger partial charge in [-0.15, -0.1) is 0 Å². The van der Waals surface area contributed by atoms with E-state index in [0.717, 1.165) is 17.8 Å². The molecule has 4 saturated carbocycles. The van der Waals surface area contributed by atoms with E-state index in [4.69, 9.17) is 14.2 Å². The molecule has 5 rings (SSSR count). The van der Waals surface area contributed by atoms with Crippen LogP contribution in [0.15, 0.2) is 18.2 Å². The van der Waals surface area contributed by atoms with E-state index in [2.05, 4.69) is 5.32 Å². The molecule has 28 heavy (non-hydrogen) atoms. The van der Waals surface area contributed by atoms with Gasteiger partial charge in [-0.1, -0.05) is 0 Å². The van der Waals surface area contributed by atoms with E-state index in [-0.39, 0.29) is 12.1 Å². The van der Waals surface area contributed by atoms with Crippen LogP contribution in [0.5, 0.6) is 11.5 Å². The first-order chi connectivity index (χ1) is 13.5. The van der Waals surface area contributed by atoms with Crippen molar-refractivity contribution in [3.63, 3.8) is 0 Å². The number of carbonyl (C=O) groups excluding carboxylic acids is 1. The number of hydrogen-bond donors (Lipinski definition) is 2. The molecule has 1 atom stereocenters. The summed E-state index contributed by atoms with van der Waals surface area (Å²) in [7, 11) is 2.86. The van der Waals surface area contributed by atoms with Crippen molar-refractivity contribution < 1.29 is 24.1 Å². The van der Waals surface area contributed by atoms with Gasteiger partial charge in [-0.3, -0.25) is 0 Å². The number of ether oxygens (including phenoxy) is 3. The van der Waals surface area contributed by atoms with Crippen LogP contribution in [0.2, 0.25) is 0 Å². The van der Waals surface area contributed by atoms with Crippen molar-refractivity contribution in [2.75, 3.05) is 27.4 Å². The Bertz CT molecular complexity index is 684. The quantitative estimate of drug-likeness (QED) is 0.666. The minimum atomic E-state index is -0.599. The van der Waals surface area contributed by atoms with Crippen LogP contribution in [0.25, 0.3) is 0 Å². The number of methoxy groups -OCH3 is 2. The summed E-state index contributed by atoms with van der Waals surface area (Å²) >= 11 is 0. The summed E-state index contributed by atoms with van der Waals surface area (Å²) in [6, 6.07) is 4.88. The average molecular weight is 389 g/mol. The van der Waals surface area contributed by atoms with Crippen molar-refractivity contribution in [3.05, 3.63) is 23.8 Å². The van der Waals surface area contributed by atoms with Gasteiger partial charge in [0, 0.05) is 12.1 Å². The van der Waals surface area contributed by atoms with Gasteiger partial charge in [-0.2, -0.15) is 0 Å². The van der Waals surface area contributed by atoms with Crippen molar-refractivity contribution >= 4 is 5.97 Å². The van der Waals surface area contributed by atoms with Crippen LogP contribution in [-0.4, -0.2) is 50.1 Å². The van der Waals surface area contributed by atoms with Gasteiger partial charge in [0.15, 0.2) is 11.5 Å². The molecule has 4 aliphatic rings. The largest absolute Gasteiger partial charge is 0.493 e. The fraction of sp³-hybridized carbons (Fsp3) is 0.682. The van der Waals surface area contributed by atoms with Gasteiger partial charge in [-0.25, -0.2) is 4.79 Å². The van der Waals surface area contributed by atoms with Crippen LogP contribution < -0.4 is 14.8 Å². The molecule has 1 aromatic rings. The molecule has 0 radical (unpaired) electrons. The standard InChI is InChI=1S/C22H31NO5/c1-26-20-8-17(21(25)27-2)3-4-19(20)28-13-18(24)12-23-22-9-14-5-15(10-22)7-16(6-14)11-22/h3-4,8,14-16,18,23-24H,5-7,9-13H2,1-2H3/t14?,15?,16?,18-,22?/m1/s1. The van der Waals surface area contributed by atoms with Gasteiger partial charge in [0.1, 0.15) is 12.7 Å². The predicted octanol–water partition coefficient (Wildman–Crippen LogP) is 2.78. The summed E-state index contributed by atoms with van der Waals surface area (Å²) in [5.41, 5.74) is 0.631. The third-order valence-corrected chi connectivity index (χ3v) is 6.77. The molecule has 0 heterocycles. The van der Waals surface area contributed by atoms with Crippen molar-refractivity contribution in [2.45, 2.75) is 50.2 Å². The molecule has 0 unspecified atom stereocenters. The summed E-state index contributed by atoms with van der Waals surface area (Å²) < 4.78 is 15.8. The maximum atomic E-state index is 11.6. The highest BCUT2D eigenvalue weighted by Gasteiger charge is 2.50. The molecule has 1 aromatic carbocycles. The lowest BCUT2D eigenvalue weighted by Crippen LogP contribution is -2.59. The highest BCUT2D eigenvalue weighted by Crippen LogP contribution is 2.55. The zero-order valence-electron chi connectivity index (χ0n) is 16.8. The second-order valence-electron chi connectivity index (χ2n) is 8.90. The zero-order valence-corrected chi connectivity index (χ0v) is 16.8. The Kier molecular flexibility index (Phi) is 5.52. The Morgan fingerprint density at radius 3 is 2.36 bits per heavy atom. The molecule has 4 aliphatic carbocycles. The van der Waals surface area contributed by atoms with Crippen molar-refractivity contribution in [3.8, 4) is 11.5 Å². The molecule has 4 fully saturated rings. The Morgan fingerprint density at radius 1 is 1.14 bits per heavy atom. The lowest BCUT2D eigenvalue weighted by molar-refractivity contribution is -0.0267. The summed E-state index contributed by atoms with van der Waals surface area (Å²) in [6.45, 7) is 0.710. The van der Waals surface area contributed by atoms with E-state index in [0.29, 0.717) is 23.6 Å². The minimum absolute atomic E-state index is 0.174. The number of benzene rings is 1. The maximum absolute atomic E-state index is 11.6. The smallest absolute Gasteiger partial charge is 0.337 e. The molecule has 0 spiro atoms. The second-order valence-corrected chi connectivity index (χ2v) is 8.90. The molecule has 0 aromatic heterocycles. The Labute approximate surface area is 166 Å². The fourth-order valence-corrected chi connectivity index (χ4v) is 5.94. The molecule has 0 saturated heterocycles. The van der Waals surface area contributed by atoms with Crippen molar-refractivity contribution in [2.24, 2.45) is 17.8 Å². The van der Waals surface area contributed by atoms with Crippen molar-refractivity contribution in [1.82, 2.24) is 5.32 Å². The Morgan fingerprint density at radius 2 is 1.79 bits per heavy atom. The van der Waals surface area contributed by atoms with Crippen LogP contribution in [0.3, 0.4) is 0 Å². The number of nitrogens with one attached hydrogen (secondary N) is 1. The zero-order chi connectivity index (χ0) is 19.7. The van der Waals surface area contributed by atoms with E-state index >= 15 is 0 Å². The number of hydrogen-bond acceptors (Lipinski definition) is 6. The third kappa shape index (κ3) is 3.98. The molecule has 4 bridgehead atoms. The van der Waals surface area contributed by atoms with Gasteiger partial charge >= 0.3 is 5.97 Å². The first-order valence-electron chi connectivity index (χ1n) is 10.3. The molecule has 0 amide bonds. The average Bonchev–Trinajstić information content (AvgIpc) is 2.69. The number of rotatable bonds is 8. The maximum Gasteiger partial charge on any atom is 0.337 e. The summed E-state index contributed by atoms with van der Waals surface area (Å²) in [4.78, 5) is 11.6. The molecule has 6 nitrogen and oxygen atoms in total. The van der Waals surface area contributed by atoms with Gasteiger partial charge in [0.05, 0.1) is 19.8 Å². The highest BCUT2D eigenvalue weighted by molar-refractivity contribution is 5.90. The summed E-state index contributed by atoms with van der Waals surface area (Å²) in [5.74, 6) is 3.16. The Balaban J connectivity index is 1.30. The highest BCUT2D eigenvalue weighted by atomic mass is 16.5. The molecular weight excluding hydrogens is 358 g/mol. The van der Waals surface area contributed by atoms with Crippen LogP contribution in [-0.2, 0) is 4.74 Å². The van der Waals surface area contributed by atoms with Crippen LogP contribution in [0.1, 0.15) is 48.9 Å². The lowest BCUT2D eigenvalue weighted by Gasteiger charge is -2.57. The minimum Gasteiger partial charge on any atom is -0.493 e. The van der Waals surface area contributed by atoms with E-state index in [9.17, 15) is 9.90 Å². The number of β-amino-alcohol motifs (C(OH)–C–C–N with tert-alkyl or cyclic N) is 1. The second kappa shape index (κ2) is 7.91. The van der Waals surface area contributed by atoms with Gasteiger partial charge in [0.25, 0.3) is 0 Å². The topological polar surface area (TPSA) is 77.0 Å². The molecule has 154 valence electrons. The van der Waals surface area contributed by atoms with E-state index in [1.54, 1.807) is 18.2 Å². The van der Waals surface area contributed by atoms with E-state index < -0.39 is 12.1 Å². The van der Waals surface area contributed by atoms with Crippen LogP contribution >= 0.6 is 0 Å². The summed E-state index contributed by atoms with van der Waals surface area (Å²) in [5, 5.41) is 14.2. The lowest BCUT2D eigenvalue weighted by atomic mass is 9.53. The van der Waals surface area contributed by atoms with Crippen molar-refractivity contribution in [1.29, 1.82) is 0 Å². The first kappa shape index (κ1) is 19.5. The number of carbonyl (C=O) groups is 1. The van der Waals surface area contributed by atoms with Crippen LogP contribution in [0.4, 0.5) is 0 Å². The fourth-order valence-electron chi connectivity index (χ4n) is 5.94. The number of esters is 1.